The van der Waals surface area contributed by atoms with Crippen LogP contribution in [0, 0.1) is 0 Å². The minimum atomic E-state index is -0.00688. The molecule has 1 aliphatic carbocycles. The van der Waals surface area contributed by atoms with Gasteiger partial charge in [0.05, 0.1) is 19.3 Å². The quantitative estimate of drug-likeness (QED) is 0.415. The molecule has 158 valence electrons. The van der Waals surface area contributed by atoms with Crippen LogP contribution in [0.15, 0.2) is 53.5 Å². The van der Waals surface area contributed by atoms with Gasteiger partial charge in [-0.1, -0.05) is 0 Å². The molecule has 9 heteroatoms. The maximum absolute atomic E-state index is 12.3. The number of hydrogen-bond donors (Lipinski definition) is 2. The van der Waals surface area contributed by atoms with Gasteiger partial charge in [-0.3, -0.25) is 9.48 Å². The van der Waals surface area contributed by atoms with Crippen molar-refractivity contribution >= 4 is 33.3 Å². The van der Waals surface area contributed by atoms with Crippen molar-refractivity contribution in [2.75, 3.05) is 5.32 Å². The maximum atomic E-state index is 12.3. The lowest BCUT2D eigenvalue weighted by atomic mass is 10.1. The van der Waals surface area contributed by atoms with Gasteiger partial charge < -0.3 is 10.6 Å². The second-order valence-electron chi connectivity index (χ2n) is 7.89. The number of aromatic nitrogens is 5. The van der Waals surface area contributed by atoms with Crippen LogP contribution in [-0.2, 0) is 20.6 Å². The molecular formula is C22H23BrN7O+. The molecule has 0 saturated heterocycles. The first-order chi connectivity index (χ1) is 15.0. The first kappa shape index (κ1) is 19.7. The molecule has 31 heavy (non-hydrogen) atoms. The Balaban J connectivity index is 1.46. The van der Waals surface area contributed by atoms with Crippen LogP contribution in [0.4, 0.5) is 5.82 Å². The van der Waals surface area contributed by atoms with E-state index in [2.05, 4.69) is 47.2 Å². The average Bonchev–Trinajstić information content (AvgIpc) is 3.37. The summed E-state index contributed by atoms with van der Waals surface area (Å²) >= 11 is 3.54. The molecule has 1 aromatic carbocycles. The lowest BCUT2D eigenvalue weighted by Gasteiger charge is -2.05. The first-order valence-corrected chi connectivity index (χ1v) is 11.0. The van der Waals surface area contributed by atoms with Gasteiger partial charge in [0.1, 0.15) is 17.0 Å². The molecule has 1 fully saturated rings. The second-order valence-corrected chi connectivity index (χ2v) is 8.70. The molecule has 0 bridgehead atoms. The van der Waals surface area contributed by atoms with Crippen LogP contribution >= 0.6 is 15.9 Å². The monoisotopic (exact) mass is 480 g/mol. The molecule has 1 aliphatic rings. The van der Waals surface area contributed by atoms with Crippen LogP contribution in [0.25, 0.3) is 16.9 Å². The highest BCUT2D eigenvalue weighted by Crippen LogP contribution is 2.26. The van der Waals surface area contributed by atoms with Gasteiger partial charge in [0.15, 0.2) is 5.69 Å². The molecule has 3 heterocycles. The third-order valence-corrected chi connectivity index (χ3v) is 5.75. The molecule has 5 rings (SSSR count). The summed E-state index contributed by atoms with van der Waals surface area (Å²) in [6.45, 7) is 0.575. The number of hydrogen-bond acceptors (Lipinski definition) is 4. The van der Waals surface area contributed by atoms with E-state index in [1.54, 1.807) is 4.68 Å². The van der Waals surface area contributed by atoms with Gasteiger partial charge in [-0.15, -0.1) is 0 Å². The Hall–Kier alpha value is -3.20. The van der Waals surface area contributed by atoms with Crippen molar-refractivity contribution in [1.29, 1.82) is 0 Å². The maximum Gasteiger partial charge on any atom is 0.330 e. The fourth-order valence-electron chi connectivity index (χ4n) is 3.65. The highest BCUT2D eigenvalue weighted by atomic mass is 79.9. The molecule has 1 amide bonds. The van der Waals surface area contributed by atoms with Crippen LogP contribution in [-0.4, -0.2) is 31.1 Å². The van der Waals surface area contributed by atoms with E-state index in [0.29, 0.717) is 18.2 Å². The summed E-state index contributed by atoms with van der Waals surface area (Å²) in [7, 11) is 3.90. The fraction of sp³-hybridized carbons (Fsp3) is 0.273. The van der Waals surface area contributed by atoms with Crippen molar-refractivity contribution < 1.29 is 9.36 Å². The molecule has 8 nitrogen and oxygen atoms in total. The van der Waals surface area contributed by atoms with Crippen molar-refractivity contribution in [3.8, 4) is 11.3 Å². The van der Waals surface area contributed by atoms with Gasteiger partial charge >= 0.3 is 5.65 Å². The molecule has 0 aliphatic heterocycles. The van der Waals surface area contributed by atoms with Gasteiger partial charge in [-0.25, -0.2) is 9.55 Å². The van der Waals surface area contributed by atoms with Crippen molar-refractivity contribution in [2.45, 2.75) is 25.4 Å². The second kappa shape index (κ2) is 7.81. The van der Waals surface area contributed by atoms with E-state index in [1.807, 2.05) is 61.4 Å². The average molecular weight is 481 g/mol. The summed E-state index contributed by atoms with van der Waals surface area (Å²) in [6, 6.07) is 10.1. The largest absolute Gasteiger partial charge is 0.357 e. The minimum absolute atomic E-state index is 0.00688. The number of nitrogens with one attached hydrogen (secondary N) is 2. The number of carbonyl (C=O) groups excluding carboxylic acids is 1. The van der Waals surface area contributed by atoms with E-state index in [0.717, 1.165) is 45.9 Å². The van der Waals surface area contributed by atoms with Crippen molar-refractivity contribution in [3.05, 3.63) is 64.8 Å². The number of nitrogens with zero attached hydrogens (tertiary/aromatic N) is 5. The van der Waals surface area contributed by atoms with E-state index in [9.17, 15) is 4.79 Å². The van der Waals surface area contributed by atoms with Crippen molar-refractivity contribution in [3.63, 3.8) is 0 Å². The summed E-state index contributed by atoms with van der Waals surface area (Å²) in [4.78, 5) is 16.9. The number of fused-ring (bicyclic) bond motifs is 1. The Morgan fingerprint density at radius 1 is 1.26 bits per heavy atom. The fourth-order valence-corrected chi connectivity index (χ4v) is 4.03. The number of aryl methyl sites for hydroxylation is 2. The third kappa shape index (κ3) is 4.05. The zero-order valence-corrected chi connectivity index (χ0v) is 18.9. The van der Waals surface area contributed by atoms with E-state index in [-0.39, 0.29) is 5.91 Å². The molecule has 0 radical (unpaired) electrons. The van der Waals surface area contributed by atoms with Crippen LogP contribution in [0.3, 0.4) is 0 Å². The summed E-state index contributed by atoms with van der Waals surface area (Å²) in [5, 5.41) is 10.8. The SMILES string of the molecule is Cn1ccc(CNc2nc(Br)cn3c(-c4ccc(C(=O)NC5CC5)cc4)c[n+](C)c23)n1. The van der Waals surface area contributed by atoms with Gasteiger partial charge in [0.25, 0.3) is 5.91 Å². The van der Waals surface area contributed by atoms with Crippen LogP contribution in [0.2, 0.25) is 0 Å². The van der Waals surface area contributed by atoms with Gasteiger partial charge in [0.2, 0.25) is 5.82 Å². The van der Waals surface area contributed by atoms with Crippen LogP contribution < -0.4 is 15.2 Å². The lowest BCUT2D eigenvalue weighted by Crippen LogP contribution is -2.27. The van der Waals surface area contributed by atoms with Gasteiger partial charge in [0, 0.05) is 30.4 Å². The molecule has 0 unspecified atom stereocenters. The normalized spacial score (nSPS) is 13.5. The number of imidazole rings is 1. The van der Waals surface area contributed by atoms with E-state index < -0.39 is 0 Å². The summed E-state index contributed by atoms with van der Waals surface area (Å²) < 4.78 is 6.65. The topological polar surface area (TPSA) is 80.1 Å². The summed E-state index contributed by atoms with van der Waals surface area (Å²) in [5.41, 5.74) is 4.59. The Morgan fingerprint density at radius 2 is 2.03 bits per heavy atom. The number of amides is 1. The van der Waals surface area contributed by atoms with Crippen molar-refractivity contribution in [2.24, 2.45) is 14.1 Å². The molecule has 3 aromatic heterocycles. The molecule has 0 spiro atoms. The Labute approximate surface area is 188 Å². The number of benzene rings is 1. The predicted molar refractivity (Wildman–Crippen MR) is 121 cm³/mol. The van der Waals surface area contributed by atoms with E-state index in [4.69, 9.17) is 0 Å². The predicted octanol–water partition coefficient (Wildman–Crippen LogP) is 2.83. The molecule has 1 saturated carbocycles. The molecule has 2 N–H and O–H groups in total. The molecule has 4 aromatic rings. The number of anilines is 1. The number of rotatable bonds is 6. The Bertz CT molecular complexity index is 1270. The minimum Gasteiger partial charge on any atom is -0.357 e. The number of halogens is 1. The third-order valence-electron chi connectivity index (χ3n) is 5.37. The zero-order chi connectivity index (χ0) is 21.5. The van der Waals surface area contributed by atoms with E-state index >= 15 is 0 Å². The van der Waals surface area contributed by atoms with Crippen molar-refractivity contribution in [1.82, 2.24) is 24.5 Å². The van der Waals surface area contributed by atoms with Crippen LogP contribution in [0.5, 0.6) is 0 Å². The summed E-state index contributed by atoms with van der Waals surface area (Å²) in [6.07, 6.45) is 8.09. The zero-order valence-electron chi connectivity index (χ0n) is 17.3. The highest BCUT2D eigenvalue weighted by Gasteiger charge is 2.25. The Morgan fingerprint density at radius 3 is 2.71 bits per heavy atom. The Kier molecular flexibility index (Phi) is 4.97. The van der Waals surface area contributed by atoms with E-state index in [1.165, 1.54) is 0 Å². The smallest absolute Gasteiger partial charge is 0.330 e. The van der Waals surface area contributed by atoms with Crippen LogP contribution in [0.1, 0.15) is 28.9 Å². The first-order valence-electron chi connectivity index (χ1n) is 10.2. The lowest BCUT2D eigenvalue weighted by molar-refractivity contribution is -0.643. The molecular weight excluding hydrogens is 458 g/mol. The summed E-state index contributed by atoms with van der Waals surface area (Å²) in [5.74, 6) is 0.752. The highest BCUT2D eigenvalue weighted by molar-refractivity contribution is 9.10. The molecule has 0 atom stereocenters. The number of carbonyl (C=O) groups is 1. The standard InChI is InChI=1S/C22H22BrN7O/c1-28-12-18(14-3-5-15(6-4-14)21(31)25-16-7-8-16)30-13-19(23)26-20(22(28)30)24-11-17-9-10-29(2)27-17/h3-6,9-10,12-13,16H,7-8,11H2,1-2H3,(H-,24,25,26,31)/p+1. The van der Waals surface area contributed by atoms with Gasteiger partial charge in [-0.2, -0.15) is 9.50 Å². The van der Waals surface area contributed by atoms with Gasteiger partial charge in [-0.05, 0) is 59.1 Å².